The molecule has 0 rings (SSSR count). The van der Waals surface area contributed by atoms with Gasteiger partial charge in [0.15, 0.2) is 0 Å². The number of quaternary nitrogens is 1. The molecule has 0 spiro atoms. The van der Waals surface area contributed by atoms with E-state index >= 15 is 0 Å². The van der Waals surface area contributed by atoms with Crippen molar-refractivity contribution in [2.45, 2.75) is 167 Å². The van der Waals surface area contributed by atoms with E-state index in [9.17, 15) is 19.4 Å². The summed E-state index contributed by atoms with van der Waals surface area (Å²) in [6, 6.07) is -0.903. The van der Waals surface area contributed by atoms with E-state index in [4.69, 9.17) is 9.05 Å². The van der Waals surface area contributed by atoms with Crippen LogP contribution in [0.5, 0.6) is 0 Å². The van der Waals surface area contributed by atoms with Gasteiger partial charge in [0.25, 0.3) is 7.82 Å². The molecule has 3 unspecified atom stereocenters. The Morgan fingerprint density at radius 3 is 1.73 bits per heavy atom. The summed E-state index contributed by atoms with van der Waals surface area (Å²) < 4.78 is 23.1. The molecule has 0 aromatic carbocycles. The highest BCUT2D eigenvalue weighted by atomic mass is 31.2. The molecule has 8 nitrogen and oxygen atoms in total. The van der Waals surface area contributed by atoms with Crippen molar-refractivity contribution in [1.29, 1.82) is 0 Å². The van der Waals surface area contributed by atoms with E-state index in [1.165, 1.54) is 77.0 Å². The molecule has 0 radical (unpaired) electrons. The molecule has 0 aliphatic heterocycles. The third-order valence-corrected chi connectivity index (χ3v) is 9.29. The van der Waals surface area contributed by atoms with E-state index in [0.717, 1.165) is 57.8 Å². The Bertz CT molecular complexity index is 886. The lowest BCUT2D eigenvalue weighted by Gasteiger charge is -2.29. The Labute approximate surface area is 296 Å². The topological polar surface area (TPSA) is 108 Å². The number of carbonyl (C=O) groups excluding carboxylic acids is 1. The molecule has 282 valence electrons. The lowest BCUT2D eigenvalue weighted by Crippen LogP contribution is -2.45. The Hall–Kier alpha value is -1.28. The maximum atomic E-state index is 12.7. The number of phosphoric ester groups is 1. The van der Waals surface area contributed by atoms with Crippen molar-refractivity contribution in [3.63, 3.8) is 0 Å². The van der Waals surface area contributed by atoms with Crippen molar-refractivity contribution in [2.24, 2.45) is 0 Å². The number of nitrogens with zero attached hydrogens (tertiary/aromatic N) is 1. The van der Waals surface area contributed by atoms with Crippen molar-refractivity contribution in [2.75, 3.05) is 40.9 Å². The quantitative estimate of drug-likeness (QED) is 0.0300. The average Bonchev–Trinajstić information content (AvgIpc) is 3.02. The first-order chi connectivity index (χ1) is 23.0. The highest BCUT2D eigenvalue weighted by molar-refractivity contribution is 7.45. The monoisotopic (exact) mass is 699 g/mol. The van der Waals surface area contributed by atoms with Crippen LogP contribution in [0.3, 0.4) is 0 Å². The lowest BCUT2D eigenvalue weighted by atomic mass is 10.1. The average molecular weight is 699 g/mol. The van der Waals surface area contributed by atoms with Crippen LogP contribution in [-0.4, -0.2) is 68.5 Å². The van der Waals surface area contributed by atoms with Gasteiger partial charge >= 0.3 is 0 Å². The second kappa shape index (κ2) is 31.7. The SMILES string of the molecule is CCCCC/C=C\CCCCCCCC(=O)NC(COP(=O)([O-])OCC[N+](C)(C)C)C(O)/C=C/CC/C=C/CCCCCCCCCC. The maximum Gasteiger partial charge on any atom is 0.268 e. The standard InChI is InChI=1S/C39H75N2O6P/c1-6-8-10-12-14-16-18-20-21-22-24-26-28-30-32-38(42)37(36-47-48(44,45)46-35-34-41(3,4)5)40-39(43)33-31-29-27-25-23-19-17-15-13-11-9-7-2/h15,17,22,24,30,32,37-38,42H,6-14,16,18-21,23,25-29,31,33-36H2,1-5H3,(H-,40,43,44,45)/b17-15-,24-22+,32-30+. The number of allylic oxidation sites excluding steroid dienone is 5. The number of hydrogen-bond acceptors (Lipinski definition) is 6. The molecular formula is C39H75N2O6P. The van der Waals surface area contributed by atoms with Crippen LogP contribution in [0, 0.1) is 0 Å². The van der Waals surface area contributed by atoms with Gasteiger partial charge in [-0.1, -0.05) is 127 Å². The molecule has 0 aliphatic rings. The minimum absolute atomic E-state index is 0.00836. The summed E-state index contributed by atoms with van der Waals surface area (Å²) in [4.78, 5) is 25.1. The van der Waals surface area contributed by atoms with Crippen molar-refractivity contribution in [3.05, 3.63) is 36.5 Å². The Balaban J connectivity index is 4.61. The molecule has 0 saturated heterocycles. The van der Waals surface area contributed by atoms with E-state index in [2.05, 4.69) is 43.5 Å². The minimum Gasteiger partial charge on any atom is -0.756 e. The number of hydrogen-bond donors (Lipinski definition) is 2. The van der Waals surface area contributed by atoms with Gasteiger partial charge in [0, 0.05) is 6.42 Å². The van der Waals surface area contributed by atoms with Gasteiger partial charge in [0.05, 0.1) is 39.9 Å². The van der Waals surface area contributed by atoms with Gasteiger partial charge in [0.2, 0.25) is 5.91 Å². The fourth-order valence-electron chi connectivity index (χ4n) is 5.16. The summed E-state index contributed by atoms with van der Waals surface area (Å²) in [5, 5.41) is 13.7. The van der Waals surface area contributed by atoms with Gasteiger partial charge in [-0.15, -0.1) is 0 Å². The molecule has 2 N–H and O–H groups in total. The van der Waals surface area contributed by atoms with Gasteiger partial charge in [-0.2, -0.15) is 0 Å². The molecule has 1 amide bonds. The van der Waals surface area contributed by atoms with Crippen LogP contribution >= 0.6 is 7.82 Å². The van der Waals surface area contributed by atoms with Crippen LogP contribution in [0.2, 0.25) is 0 Å². The number of aliphatic hydroxyl groups excluding tert-OH is 1. The van der Waals surface area contributed by atoms with Crippen LogP contribution < -0.4 is 10.2 Å². The fraction of sp³-hybridized carbons (Fsp3) is 0.821. The molecule has 48 heavy (non-hydrogen) atoms. The molecule has 0 aliphatic carbocycles. The highest BCUT2D eigenvalue weighted by Crippen LogP contribution is 2.38. The summed E-state index contributed by atoms with van der Waals surface area (Å²) in [6.45, 7) is 4.56. The predicted molar refractivity (Wildman–Crippen MR) is 201 cm³/mol. The van der Waals surface area contributed by atoms with Gasteiger partial charge < -0.3 is 28.8 Å². The van der Waals surface area contributed by atoms with Gasteiger partial charge in [-0.05, 0) is 57.8 Å². The first-order valence-electron chi connectivity index (χ1n) is 19.4. The molecule has 3 atom stereocenters. The normalized spacial score (nSPS) is 15.1. The van der Waals surface area contributed by atoms with Gasteiger partial charge in [-0.25, -0.2) is 0 Å². The summed E-state index contributed by atoms with van der Waals surface area (Å²) in [7, 11) is 1.23. The molecule has 0 fully saturated rings. The maximum absolute atomic E-state index is 12.7. The molecule has 9 heteroatoms. The number of nitrogens with one attached hydrogen (secondary N) is 1. The Morgan fingerprint density at radius 2 is 1.17 bits per heavy atom. The third-order valence-electron chi connectivity index (χ3n) is 8.32. The summed E-state index contributed by atoms with van der Waals surface area (Å²) >= 11 is 0. The smallest absolute Gasteiger partial charge is 0.268 e. The number of carbonyl (C=O) groups is 1. The van der Waals surface area contributed by atoms with Crippen molar-refractivity contribution in [1.82, 2.24) is 5.32 Å². The molecular weight excluding hydrogens is 623 g/mol. The van der Waals surface area contributed by atoms with E-state index in [1.54, 1.807) is 6.08 Å². The van der Waals surface area contributed by atoms with Crippen molar-refractivity contribution >= 4 is 13.7 Å². The van der Waals surface area contributed by atoms with Crippen LogP contribution in [0.25, 0.3) is 0 Å². The predicted octanol–water partition coefficient (Wildman–Crippen LogP) is 9.33. The summed E-state index contributed by atoms with van der Waals surface area (Å²) in [5.41, 5.74) is 0. The van der Waals surface area contributed by atoms with E-state index in [-0.39, 0.29) is 12.5 Å². The van der Waals surface area contributed by atoms with E-state index < -0.39 is 26.6 Å². The molecule has 0 aromatic heterocycles. The molecule has 0 saturated carbocycles. The fourth-order valence-corrected chi connectivity index (χ4v) is 5.88. The van der Waals surface area contributed by atoms with Crippen LogP contribution in [0.15, 0.2) is 36.5 Å². The zero-order valence-corrected chi connectivity index (χ0v) is 32.6. The third kappa shape index (κ3) is 33.2. The molecule has 0 bridgehead atoms. The second-order valence-corrected chi connectivity index (χ2v) is 15.7. The number of phosphoric acid groups is 1. The minimum atomic E-state index is -4.59. The van der Waals surface area contributed by atoms with Crippen LogP contribution in [0.1, 0.15) is 155 Å². The largest absolute Gasteiger partial charge is 0.756 e. The summed E-state index contributed by atoms with van der Waals surface area (Å²) in [6.07, 6.45) is 36.1. The van der Waals surface area contributed by atoms with E-state index in [0.29, 0.717) is 17.4 Å². The van der Waals surface area contributed by atoms with Crippen molar-refractivity contribution < 1.29 is 32.9 Å². The Kier molecular flexibility index (Phi) is 30.8. The van der Waals surface area contributed by atoms with Gasteiger partial charge in [-0.3, -0.25) is 9.36 Å². The first kappa shape index (κ1) is 46.7. The van der Waals surface area contributed by atoms with Gasteiger partial charge in [0.1, 0.15) is 13.2 Å². The number of aliphatic hydroxyl groups is 1. The lowest BCUT2D eigenvalue weighted by molar-refractivity contribution is -0.870. The number of amides is 1. The zero-order chi connectivity index (χ0) is 35.8. The van der Waals surface area contributed by atoms with Crippen LogP contribution in [0.4, 0.5) is 0 Å². The van der Waals surface area contributed by atoms with Crippen molar-refractivity contribution in [3.8, 4) is 0 Å². The number of rotatable bonds is 34. The second-order valence-electron chi connectivity index (χ2n) is 14.3. The number of unbranched alkanes of at least 4 members (excludes halogenated alkanes) is 17. The number of likely N-dealkylation sites (N-methyl/N-ethyl adjacent to an activating group) is 1. The Morgan fingerprint density at radius 1 is 0.708 bits per heavy atom. The molecule has 0 heterocycles. The zero-order valence-electron chi connectivity index (χ0n) is 31.7. The molecule has 0 aromatic rings. The first-order valence-corrected chi connectivity index (χ1v) is 20.8. The summed E-state index contributed by atoms with van der Waals surface area (Å²) in [5.74, 6) is -0.221. The van der Waals surface area contributed by atoms with E-state index in [1.807, 2.05) is 27.2 Å². The highest BCUT2D eigenvalue weighted by Gasteiger charge is 2.23. The van der Waals surface area contributed by atoms with Crippen LogP contribution in [-0.2, 0) is 18.4 Å².